The molecule has 0 spiro atoms. The standard InChI is InChI=1S/C24H19F5N4O4/c1-36-17-6-4-14(13-5-7-18(24(27,28)29)32-19(13)17)23-33-20(21(37-23)16(30)10-34)22(35)31-9-11-2-3-12(25)8-15(11)26/h2-8,16,34H,9-10,30H2,1H3,(H,31,35)/t16-/m0/s1. The molecular weight excluding hydrogens is 503 g/mol. The van der Waals surface area contributed by atoms with Crippen molar-refractivity contribution in [3.05, 3.63) is 76.8 Å². The molecule has 4 N–H and O–H groups in total. The van der Waals surface area contributed by atoms with E-state index in [1.807, 2.05) is 0 Å². The number of alkyl halides is 3. The van der Waals surface area contributed by atoms with Gasteiger partial charge in [-0.05, 0) is 30.3 Å². The topological polar surface area (TPSA) is 124 Å². The third-order valence-corrected chi connectivity index (χ3v) is 5.42. The lowest BCUT2D eigenvalue weighted by Gasteiger charge is -2.11. The number of aliphatic hydroxyl groups excluding tert-OH is 1. The number of nitrogens with one attached hydrogen (secondary N) is 1. The normalized spacial score (nSPS) is 12.5. The number of nitrogens with zero attached hydrogens (tertiary/aromatic N) is 2. The summed E-state index contributed by atoms with van der Waals surface area (Å²) in [6, 6.07) is 6.42. The van der Waals surface area contributed by atoms with Gasteiger partial charge >= 0.3 is 6.18 Å². The van der Waals surface area contributed by atoms with Crippen molar-refractivity contribution in [2.75, 3.05) is 13.7 Å². The average Bonchev–Trinajstić information content (AvgIpc) is 3.31. The van der Waals surface area contributed by atoms with Crippen LogP contribution in [0.1, 0.15) is 33.5 Å². The van der Waals surface area contributed by atoms with Gasteiger partial charge in [0.25, 0.3) is 5.91 Å². The summed E-state index contributed by atoms with van der Waals surface area (Å²) in [6.07, 6.45) is -4.70. The highest BCUT2D eigenvalue weighted by Gasteiger charge is 2.33. The second-order valence-electron chi connectivity index (χ2n) is 7.85. The van der Waals surface area contributed by atoms with Crippen LogP contribution in [0.15, 0.2) is 46.9 Å². The van der Waals surface area contributed by atoms with Crippen LogP contribution >= 0.6 is 0 Å². The van der Waals surface area contributed by atoms with Gasteiger partial charge in [-0.15, -0.1) is 0 Å². The number of hydrogen-bond acceptors (Lipinski definition) is 7. The first-order chi connectivity index (χ1) is 17.5. The Morgan fingerprint density at radius 1 is 1.16 bits per heavy atom. The Labute approximate surface area is 205 Å². The minimum atomic E-state index is -4.70. The highest BCUT2D eigenvalue weighted by molar-refractivity contribution is 5.98. The van der Waals surface area contributed by atoms with E-state index in [2.05, 4.69) is 15.3 Å². The van der Waals surface area contributed by atoms with Crippen LogP contribution in [0.3, 0.4) is 0 Å². The second-order valence-corrected chi connectivity index (χ2v) is 7.85. The molecule has 8 nitrogen and oxygen atoms in total. The first kappa shape index (κ1) is 26.0. The van der Waals surface area contributed by atoms with Gasteiger partial charge in [-0.3, -0.25) is 4.79 Å². The molecule has 0 aliphatic carbocycles. The predicted molar refractivity (Wildman–Crippen MR) is 120 cm³/mol. The van der Waals surface area contributed by atoms with Crippen LogP contribution in [0.2, 0.25) is 0 Å². The summed E-state index contributed by atoms with van der Waals surface area (Å²) in [5.74, 6) is -2.84. The van der Waals surface area contributed by atoms with E-state index in [-0.39, 0.29) is 51.7 Å². The average molecular weight is 522 g/mol. The molecule has 194 valence electrons. The zero-order chi connectivity index (χ0) is 26.9. The molecule has 0 fully saturated rings. The van der Waals surface area contributed by atoms with Crippen molar-refractivity contribution in [1.82, 2.24) is 15.3 Å². The maximum Gasteiger partial charge on any atom is 0.433 e. The fraction of sp³-hybridized carbons (Fsp3) is 0.208. The zero-order valence-electron chi connectivity index (χ0n) is 19.1. The number of hydrogen-bond donors (Lipinski definition) is 3. The monoisotopic (exact) mass is 522 g/mol. The van der Waals surface area contributed by atoms with E-state index in [1.54, 1.807) is 0 Å². The molecule has 37 heavy (non-hydrogen) atoms. The van der Waals surface area contributed by atoms with Crippen LogP contribution in [-0.2, 0) is 12.7 Å². The predicted octanol–water partition coefficient (Wildman–Crippen LogP) is 4.12. The molecule has 2 heterocycles. The lowest BCUT2D eigenvalue weighted by molar-refractivity contribution is -0.140. The van der Waals surface area contributed by atoms with E-state index in [9.17, 15) is 31.9 Å². The van der Waals surface area contributed by atoms with Gasteiger partial charge in [-0.1, -0.05) is 6.07 Å². The first-order valence-corrected chi connectivity index (χ1v) is 10.7. The number of rotatable bonds is 7. The van der Waals surface area contributed by atoms with E-state index in [0.717, 1.165) is 24.3 Å². The molecule has 1 atom stereocenters. The second kappa shape index (κ2) is 10.1. The fourth-order valence-corrected chi connectivity index (χ4v) is 3.57. The van der Waals surface area contributed by atoms with Gasteiger partial charge in [0.1, 0.15) is 28.6 Å². The summed E-state index contributed by atoms with van der Waals surface area (Å²) in [5.41, 5.74) is 4.45. The van der Waals surface area contributed by atoms with Crippen molar-refractivity contribution in [2.24, 2.45) is 5.73 Å². The number of nitrogens with two attached hydrogens (primary N) is 1. The minimum absolute atomic E-state index is 0.000772. The van der Waals surface area contributed by atoms with E-state index in [1.165, 1.54) is 19.2 Å². The van der Waals surface area contributed by atoms with Gasteiger partial charge in [0.15, 0.2) is 11.5 Å². The fourth-order valence-electron chi connectivity index (χ4n) is 3.57. The molecule has 0 unspecified atom stereocenters. The Bertz CT molecular complexity index is 1470. The molecule has 4 rings (SSSR count). The Morgan fingerprint density at radius 2 is 1.92 bits per heavy atom. The quantitative estimate of drug-likeness (QED) is 0.312. The van der Waals surface area contributed by atoms with E-state index in [0.29, 0.717) is 6.07 Å². The highest BCUT2D eigenvalue weighted by Crippen LogP contribution is 2.37. The maximum absolute atomic E-state index is 13.9. The molecular formula is C24H19F5N4O4. The van der Waals surface area contributed by atoms with Crippen LogP contribution in [0.4, 0.5) is 22.0 Å². The minimum Gasteiger partial charge on any atom is -0.494 e. The van der Waals surface area contributed by atoms with E-state index >= 15 is 0 Å². The lowest BCUT2D eigenvalue weighted by Crippen LogP contribution is -2.26. The summed E-state index contributed by atoms with van der Waals surface area (Å²) in [6.45, 7) is -0.947. The largest absolute Gasteiger partial charge is 0.494 e. The number of aromatic nitrogens is 2. The molecule has 0 saturated heterocycles. The van der Waals surface area contributed by atoms with Gasteiger partial charge in [0.05, 0.1) is 19.8 Å². The molecule has 0 aliphatic rings. The third kappa shape index (κ3) is 5.22. The van der Waals surface area contributed by atoms with Gasteiger partial charge in [0, 0.05) is 29.1 Å². The summed E-state index contributed by atoms with van der Waals surface area (Å²) in [7, 11) is 1.27. The van der Waals surface area contributed by atoms with Crippen molar-refractivity contribution in [2.45, 2.75) is 18.8 Å². The maximum atomic E-state index is 13.9. The lowest BCUT2D eigenvalue weighted by atomic mass is 10.1. The molecule has 1 amide bonds. The number of methoxy groups -OCH3 is 1. The number of aliphatic hydroxyl groups is 1. The highest BCUT2D eigenvalue weighted by atomic mass is 19.4. The molecule has 0 radical (unpaired) electrons. The molecule has 0 saturated carbocycles. The number of pyridine rings is 1. The van der Waals surface area contributed by atoms with Crippen molar-refractivity contribution >= 4 is 16.8 Å². The van der Waals surface area contributed by atoms with Crippen LogP contribution < -0.4 is 15.8 Å². The number of fused-ring (bicyclic) bond motifs is 1. The van der Waals surface area contributed by atoms with Gasteiger partial charge in [0.2, 0.25) is 5.89 Å². The number of carbonyl (C=O) groups is 1. The summed E-state index contributed by atoms with van der Waals surface area (Å²) >= 11 is 0. The van der Waals surface area contributed by atoms with Crippen LogP contribution in [0, 0.1) is 11.6 Å². The Hall–Kier alpha value is -4.10. The Balaban J connectivity index is 1.75. The SMILES string of the molecule is COc1ccc(-c2nc(C(=O)NCc3ccc(F)cc3F)c([C@@H](N)CO)o2)c2ccc(C(F)(F)F)nc12. The number of halogens is 5. The van der Waals surface area contributed by atoms with E-state index < -0.39 is 42.1 Å². The van der Waals surface area contributed by atoms with E-state index in [4.69, 9.17) is 14.9 Å². The number of amides is 1. The zero-order valence-corrected chi connectivity index (χ0v) is 19.1. The van der Waals surface area contributed by atoms with Gasteiger partial charge in [-0.25, -0.2) is 18.7 Å². The molecule has 4 aromatic rings. The summed E-state index contributed by atoms with van der Waals surface area (Å²) in [4.78, 5) is 20.7. The van der Waals surface area contributed by atoms with Crippen molar-refractivity contribution < 1.29 is 41.0 Å². The van der Waals surface area contributed by atoms with Crippen LogP contribution in [0.5, 0.6) is 5.75 Å². The Kier molecular flexibility index (Phi) is 7.09. The number of carbonyl (C=O) groups excluding carboxylic acids is 1. The van der Waals surface area contributed by atoms with Crippen molar-refractivity contribution in [3.8, 4) is 17.2 Å². The van der Waals surface area contributed by atoms with Crippen LogP contribution in [0.25, 0.3) is 22.4 Å². The number of ether oxygens (including phenoxy) is 1. The molecule has 13 heteroatoms. The smallest absolute Gasteiger partial charge is 0.433 e. The van der Waals surface area contributed by atoms with Gasteiger partial charge < -0.3 is 25.3 Å². The molecule has 0 aliphatic heterocycles. The van der Waals surface area contributed by atoms with Crippen LogP contribution in [-0.4, -0.2) is 34.7 Å². The van der Waals surface area contributed by atoms with Crippen molar-refractivity contribution in [3.63, 3.8) is 0 Å². The number of oxazole rings is 1. The summed E-state index contributed by atoms with van der Waals surface area (Å²) in [5, 5.41) is 12.1. The van der Waals surface area contributed by atoms with Gasteiger partial charge in [-0.2, -0.15) is 13.2 Å². The van der Waals surface area contributed by atoms with Crippen molar-refractivity contribution in [1.29, 1.82) is 0 Å². The molecule has 2 aromatic carbocycles. The first-order valence-electron chi connectivity index (χ1n) is 10.7. The third-order valence-electron chi connectivity index (χ3n) is 5.42. The number of benzene rings is 2. The Morgan fingerprint density at radius 3 is 2.57 bits per heavy atom. The molecule has 2 aromatic heterocycles. The summed E-state index contributed by atoms with van der Waals surface area (Å²) < 4.78 is 77.6. The molecule has 0 bridgehead atoms.